The molecule has 0 aromatic heterocycles. The Labute approximate surface area is 530 Å². The fourth-order valence-electron chi connectivity index (χ4n) is 11.5. The molecule has 93 heavy (non-hydrogen) atoms. The number of carbonyl (C=O) groups excluding carboxylic acids is 3. The molecule has 18 N–H and O–H groups in total. The van der Waals surface area contributed by atoms with Gasteiger partial charge in [-0.25, -0.2) is 0 Å². The van der Waals surface area contributed by atoms with Gasteiger partial charge in [-0.15, -0.1) is 0 Å². The second-order valence-electron chi connectivity index (χ2n) is 23.5. The first kappa shape index (κ1) is 76.4. The number of aliphatic hydroxyl groups is 17. The third-order valence-corrected chi connectivity index (χ3v) is 16.8. The number of hydrogen-bond donors (Lipinski definition) is 18. The largest absolute Gasteiger partial charge is 0.427 e. The fraction of sp³-hybridized carbons (Fsp3) is 0.839. The van der Waals surface area contributed by atoms with Gasteiger partial charge in [0, 0.05) is 44.9 Å². The van der Waals surface area contributed by atoms with Crippen molar-refractivity contribution in [3.8, 4) is 5.75 Å². The minimum Gasteiger partial charge on any atom is -0.427 e. The lowest BCUT2D eigenvalue weighted by atomic mass is 9.94. The minimum absolute atomic E-state index is 0.00201. The summed E-state index contributed by atoms with van der Waals surface area (Å²) in [4.78, 5) is 47.7. The van der Waals surface area contributed by atoms with Crippen LogP contribution in [0.15, 0.2) is 24.3 Å². The molecule has 0 saturated carbocycles. The number of nitro groups is 1. The van der Waals surface area contributed by atoms with Gasteiger partial charge >= 0.3 is 5.97 Å². The van der Waals surface area contributed by atoms with Crippen LogP contribution in [0.1, 0.15) is 71.6 Å². The highest BCUT2D eigenvalue weighted by Crippen LogP contribution is 2.38. The van der Waals surface area contributed by atoms with Crippen LogP contribution in [0.3, 0.4) is 0 Å². The Morgan fingerprint density at radius 3 is 1.46 bits per heavy atom. The van der Waals surface area contributed by atoms with Crippen molar-refractivity contribution in [1.82, 2.24) is 5.32 Å². The Kier molecular flexibility index (Phi) is 29.2. The molecule has 6 saturated heterocycles. The van der Waals surface area contributed by atoms with Crippen LogP contribution in [0, 0.1) is 10.1 Å². The van der Waals surface area contributed by atoms with E-state index in [1.54, 1.807) is 0 Å². The number of aliphatic hydroxyl groups excluding tert-OH is 17. The summed E-state index contributed by atoms with van der Waals surface area (Å²) in [6.45, 7) is -2.62. The van der Waals surface area contributed by atoms with E-state index in [1.165, 1.54) is 31.2 Å². The molecule has 1 aromatic rings. The number of nitrogens with one attached hydrogen (secondary N) is 1. The van der Waals surface area contributed by atoms with Gasteiger partial charge in [0.25, 0.3) is 5.69 Å². The number of esters is 1. The number of ether oxygens (including phenoxy) is 13. The number of nitro benzene ring substituents is 1. The molecule has 532 valence electrons. The van der Waals surface area contributed by atoms with Crippen molar-refractivity contribution < 1.29 is 168 Å². The van der Waals surface area contributed by atoms with E-state index in [1.807, 2.05) is 0 Å². The zero-order chi connectivity index (χ0) is 68.1. The molecule has 0 radical (unpaired) electrons. The van der Waals surface area contributed by atoms with Crippen LogP contribution >= 0.6 is 0 Å². The number of amides is 1. The van der Waals surface area contributed by atoms with Crippen LogP contribution in [0.25, 0.3) is 0 Å². The number of Topliss-reactive ketones (excluding diaryl/α,β-unsaturated/α-hetero) is 1. The predicted molar refractivity (Wildman–Crippen MR) is 298 cm³/mol. The Hall–Kier alpha value is -3.93. The molecule has 6 fully saturated rings. The molecule has 1 amide bonds. The summed E-state index contributed by atoms with van der Waals surface area (Å²) < 4.78 is 74.7. The van der Waals surface area contributed by atoms with Gasteiger partial charge in [0.2, 0.25) is 5.91 Å². The number of rotatable bonds is 31. The molecular weight excluding hydrogens is 1260 g/mol. The average molecular weight is 1350 g/mol. The first-order valence-corrected chi connectivity index (χ1v) is 30.5. The monoisotopic (exact) mass is 1350 g/mol. The van der Waals surface area contributed by atoms with Crippen molar-refractivity contribution in [2.45, 2.75) is 256 Å². The highest BCUT2D eigenvalue weighted by Gasteiger charge is 2.58. The van der Waals surface area contributed by atoms with E-state index in [0.717, 1.165) is 6.92 Å². The third-order valence-electron chi connectivity index (χ3n) is 16.8. The number of nitrogens with zero attached hydrogens (tertiary/aromatic N) is 1. The first-order valence-electron chi connectivity index (χ1n) is 30.5. The summed E-state index contributed by atoms with van der Waals surface area (Å²) in [6.07, 6.45) is -50.7. The van der Waals surface area contributed by atoms with Gasteiger partial charge in [0.05, 0.1) is 44.1 Å². The molecule has 6 heterocycles. The van der Waals surface area contributed by atoms with Gasteiger partial charge in [0.15, 0.2) is 37.7 Å². The molecule has 0 aliphatic carbocycles. The van der Waals surface area contributed by atoms with E-state index in [4.69, 9.17) is 61.6 Å². The molecule has 0 spiro atoms. The predicted octanol–water partition coefficient (Wildman–Crippen LogP) is -8.31. The van der Waals surface area contributed by atoms with Crippen molar-refractivity contribution in [2.24, 2.45) is 0 Å². The summed E-state index contributed by atoms with van der Waals surface area (Å²) in [6, 6.07) is 3.25. The van der Waals surface area contributed by atoms with E-state index >= 15 is 0 Å². The van der Waals surface area contributed by atoms with Crippen molar-refractivity contribution in [3.05, 3.63) is 34.4 Å². The maximum atomic E-state index is 12.9. The van der Waals surface area contributed by atoms with Crippen LogP contribution in [0.2, 0.25) is 0 Å². The molecular formula is C56H88N2O35. The van der Waals surface area contributed by atoms with Crippen LogP contribution in [0.5, 0.6) is 5.75 Å². The van der Waals surface area contributed by atoms with E-state index in [0.29, 0.717) is 44.9 Å². The summed E-state index contributed by atoms with van der Waals surface area (Å²) >= 11 is 0. The quantitative estimate of drug-likeness (QED) is 0.0108. The number of ketones is 1. The standard InChI is InChI=1S/C56H88N2O35/c1-22-34(67)38(71)42(75)53(82-22)93-50-39(72)35(68)27(17-59)86-56(50)91-48-33(57-23(2)64)51(84-28(18-60)36(48)69)92-49-37(70)29(19-61)85-55(45(49)78)90-47-31(21-63)88-54(44(77)41(47)74)89-46-30(20-62)87-52(43(76)40(46)73)81-16-8-4-3-5-9-25(65)10-6-7-11-32(66)83-26-14-12-24(13-15-26)58(79)80/h12-15,22,27-31,33-56,59-63,67-78H,3-11,16-21H2,1-2H3,(H,57,64)/t22?,27?,28?,29?,30?,31?,33?,34?,35-,36-,37-,38-,39-,40+,41+,42-,43?,44?,45?,46+,47-,48+,49-,50?,51-,52+,53-,54-,55+,56-/m0/s1. The Morgan fingerprint density at radius 2 is 0.882 bits per heavy atom. The molecule has 0 bridgehead atoms. The molecule has 12 unspecified atom stereocenters. The lowest BCUT2D eigenvalue weighted by Gasteiger charge is -2.51. The lowest BCUT2D eigenvalue weighted by Crippen LogP contribution is -2.70. The fourth-order valence-corrected chi connectivity index (χ4v) is 11.5. The number of hydrogen-bond acceptors (Lipinski definition) is 35. The van der Waals surface area contributed by atoms with Crippen molar-refractivity contribution in [1.29, 1.82) is 0 Å². The minimum atomic E-state index is -2.25. The number of benzene rings is 1. The highest BCUT2D eigenvalue weighted by molar-refractivity contribution is 5.78. The van der Waals surface area contributed by atoms with Gasteiger partial charge in [-0.3, -0.25) is 24.5 Å². The van der Waals surface area contributed by atoms with Crippen LogP contribution in [0.4, 0.5) is 5.69 Å². The SMILES string of the molecule is CC(=O)NC1[C@H](O[C@@H]2C(O)[C@@H](O[C@H]3C(CO)O[C@@H](O[C@@H]4C(CO)O[C@@H](OCCCCCCC(=O)CCCCC(=O)Oc5ccc([N+](=O)[O-])cc5)C(O)[C@H]4O)C(O)[C@H]3O)OC(CO)[C@@H]2O)OC(CO)[C@H](O)[C@@H]1O[C@@H]1OC(CO)[C@H](O)[C@H](O)C1O[C@@H]1OC(C)C(O)[C@H](O)[C@@H]1O. The summed E-state index contributed by atoms with van der Waals surface area (Å²) in [5, 5.41) is 199. The van der Waals surface area contributed by atoms with Gasteiger partial charge in [-0.1, -0.05) is 12.8 Å². The number of unbranched alkanes of at least 4 members (excludes halogenated alkanes) is 4. The van der Waals surface area contributed by atoms with Gasteiger partial charge in [0.1, 0.15) is 152 Å². The topological polar surface area (TPSA) is 570 Å². The Bertz CT molecular complexity index is 2470. The molecule has 30 atom stereocenters. The maximum Gasteiger partial charge on any atom is 0.311 e. The molecule has 6 aliphatic rings. The van der Waals surface area contributed by atoms with E-state index in [-0.39, 0.29) is 36.7 Å². The first-order chi connectivity index (χ1) is 44.3. The van der Waals surface area contributed by atoms with E-state index in [2.05, 4.69) is 5.32 Å². The van der Waals surface area contributed by atoms with Crippen molar-refractivity contribution >= 4 is 23.3 Å². The van der Waals surface area contributed by atoms with Gasteiger partial charge in [-0.2, -0.15) is 0 Å². The molecule has 37 heteroatoms. The molecule has 37 nitrogen and oxygen atoms in total. The molecule has 7 rings (SSSR count). The van der Waals surface area contributed by atoms with Gasteiger partial charge < -0.3 is 154 Å². The third kappa shape index (κ3) is 19.0. The van der Waals surface area contributed by atoms with Crippen molar-refractivity contribution in [2.75, 3.05) is 39.6 Å². The molecule has 6 aliphatic heterocycles. The Morgan fingerprint density at radius 1 is 0.452 bits per heavy atom. The van der Waals surface area contributed by atoms with E-state index in [9.17, 15) is 111 Å². The Balaban J connectivity index is 0.921. The zero-order valence-corrected chi connectivity index (χ0v) is 50.6. The second-order valence-corrected chi connectivity index (χ2v) is 23.5. The van der Waals surface area contributed by atoms with Gasteiger partial charge in [-0.05, 0) is 44.7 Å². The van der Waals surface area contributed by atoms with Crippen molar-refractivity contribution in [3.63, 3.8) is 0 Å². The number of carbonyl (C=O) groups is 3. The highest BCUT2D eigenvalue weighted by atomic mass is 16.8. The van der Waals surface area contributed by atoms with Crippen LogP contribution in [-0.2, 0) is 71.2 Å². The summed E-state index contributed by atoms with van der Waals surface area (Å²) in [5.74, 6) is -1.25. The maximum absolute atomic E-state index is 12.9. The lowest BCUT2D eigenvalue weighted by molar-refractivity contribution is -0.393. The van der Waals surface area contributed by atoms with E-state index < -0.39 is 234 Å². The average Bonchev–Trinajstić information content (AvgIpc) is 0.806. The summed E-state index contributed by atoms with van der Waals surface area (Å²) in [5.41, 5.74) is -0.147. The second kappa shape index (κ2) is 35.5. The normalized spacial score (nSPS) is 41.5. The van der Waals surface area contributed by atoms with Crippen LogP contribution in [-0.4, -0.2) is 333 Å². The summed E-state index contributed by atoms with van der Waals surface area (Å²) in [7, 11) is 0. The smallest absolute Gasteiger partial charge is 0.311 e. The number of non-ortho nitro benzene ring substituents is 1. The van der Waals surface area contributed by atoms with Crippen LogP contribution < -0.4 is 10.1 Å². The molecule has 1 aromatic carbocycles. The zero-order valence-electron chi connectivity index (χ0n) is 50.6.